The maximum atomic E-state index is 11.8. The van der Waals surface area contributed by atoms with Crippen LogP contribution in [-0.2, 0) is 17.8 Å². The first kappa shape index (κ1) is 21.0. The Kier molecular flexibility index (Phi) is 6.88. The van der Waals surface area contributed by atoms with E-state index in [2.05, 4.69) is 28.5 Å². The van der Waals surface area contributed by atoms with E-state index in [0.717, 1.165) is 37.9 Å². The zero-order valence-corrected chi connectivity index (χ0v) is 16.2. The number of carbonyl (C=O) groups is 1. The molecule has 152 valence electrons. The first-order chi connectivity index (χ1) is 13.4. The molecule has 0 bridgehead atoms. The Morgan fingerprint density at radius 1 is 1.32 bits per heavy atom. The Balaban J connectivity index is 1.49. The quantitative estimate of drug-likeness (QED) is 0.307. The summed E-state index contributed by atoms with van der Waals surface area (Å²) in [5.41, 5.74) is 8.54. The molecule has 0 amide bonds. The molecule has 1 heterocycles. The van der Waals surface area contributed by atoms with Crippen molar-refractivity contribution in [1.29, 1.82) is 0 Å². The van der Waals surface area contributed by atoms with Gasteiger partial charge in [0.25, 0.3) is 0 Å². The number of rotatable bonds is 10. The van der Waals surface area contributed by atoms with Crippen molar-refractivity contribution in [1.82, 2.24) is 5.32 Å². The number of aliphatic carboxylic acids is 1. The molecule has 8 heteroatoms. The van der Waals surface area contributed by atoms with Crippen molar-refractivity contribution in [3.8, 4) is 0 Å². The molecular formula is C20H30BN3O4. The first-order valence-corrected chi connectivity index (χ1v) is 10.1. The van der Waals surface area contributed by atoms with Gasteiger partial charge in [-0.2, -0.15) is 0 Å². The molecule has 1 saturated carbocycles. The summed E-state index contributed by atoms with van der Waals surface area (Å²) in [5.74, 6) is -1.03. The van der Waals surface area contributed by atoms with Gasteiger partial charge in [0.2, 0.25) is 0 Å². The normalized spacial score (nSPS) is 22.8. The van der Waals surface area contributed by atoms with Crippen LogP contribution in [-0.4, -0.2) is 46.0 Å². The Morgan fingerprint density at radius 2 is 2.11 bits per heavy atom. The van der Waals surface area contributed by atoms with E-state index in [-0.39, 0.29) is 18.3 Å². The number of nitrogens with one attached hydrogen (secondary N) is 1. The maximum Gasteiger partial charge on any atom is 0.451 e. The number of hydrogen-bond donors (Lipinski definition) is 5. The lowest BCUT2D eigenvalue weighted by atomic mass is 9.66. The maximum absolute atomic E-state index is 11.8. The number of carboxylic acid groups (broad SMARTS) is 1. The van der Waals surface area contributed by atoms with Gasteiger partial charge in [-0.15, -0.1) is 0 Å². The van der Waals surface area contributed by atoms with E-state index in [0.29, 0.717) is 19.3 Å². The molecule has 7 nitrogen and oxygen atoms in total. The number of benzene rings is 1. The number of unbranched alkanes of at least 4 members (excludes halogenated alkanes) is 1. The van der Waals surface area contributed by atoms with Gasteiger partial charge in [0.15, 0.2) is 0 Å². The average molecular weight is 387 g/mol. The van der Waals surface area contributed by atoms with Crippen molar-refractivity contribution in [2.24, 2.45) is 16.6 Å². The highest BCUT2D eigenvalue weighted by molar-refractivity contribution is 6.40. The van der Waals surface area contributed by atoms with E-state index in [9.17, 15) is 9.90 Å². The lowest BCUT2D eigenvalue weighted by Crippen LogP contribution is -2.61. The largest absolute Gasteiger partial charge is 0.480 e. The summed E-state index contributed by atoms with van der Waals surface area (Å²) in [6.07, 6.45) is 7.19. The van der Waals surface area contributed by atoms with E-state index >= 15 is 0 Å². The van der Waals surface area contributed by atoms with Crippen LogP contribution in [0.25, 0.3) is 0 Å². The number of aryl methyl sites for hydroxylation is 1. The van der Waals surface area contributed by atoms with Crippen LogP contribution in [0.1, 0.15) is 49.7 Å². The Morgan fingerprint density at radius 3 is 2.82 bits per heavy atom. The van der Waals surface area contributed by atoms with Gasteiger partial charge >= 0.3 is 13.1 Å². The highest BCUT2D eigenvalue weighted by Gasteiger charge is 2.48. The van der Waals surface area contributed by atoms with Crippen LogP contribution < -0.4 is 11.1 Å². The molecule has 1 unspecified atom stereocenters. The number of nitrogens with two attached hydrogens (primary N) is 1. The summed E-state index contributed by atoms with van der Waals surface area (Å²) >= 11 is 0. The molecule has 1 fully saturated rings. The van der Waals surface area contributed by atoms with Gasteiger partial charge in [-0.05, 0) is 55.5 Å². The average Bonchev–Trinajstić information content (AvgIpc) is 2.63. The van der Waals surface area contributed by atoms with Crippen LogP contribution in [0.15, 0.2) is 23.2 Å². The SMILES string of the molecule is NC(CCCCB(O)O)(C(=O)O)C1CC(NCc2cccc3c2N=CCC3)C1. The summed E-state index contributed by atoms with van der Waals surface area (Å²) in [5, 5.41) is 31.0. The summed E-state index contributed by atoms with van der Waals surface area (Å²) in [7, 11) is -1.35. The molecule has 0 aromatic heterocycles. The van der Waals surface area contributed by atoms with Crippen LogP contribution in [0.3, 0.4) is 0 Å². The Hall–Kier alpha value is -1.74. The summed E-state index contributed by atoms with van der Waals surface area (Å²) in [6, 6.07) is 6.54. The zero-order chi connectivity index (χ0) is 20.1. The molecule has 0 spiro atoms. The van der Waals surface area contributed by atoms with Gasteiger partial charge in [0.05, 0.1) is 5.69 Å². The number of fused-ring (bicyclic) bond motifs is 1. The molecule has 1 aliphatic carbocycles. The third kappa shape index (κ3) is 4.81. The van der Waals surface area contributed by atoms with Crippen LogP contribution in [0.4, 0.5) is 5.69 Å². The van der Waals surface area contributed by atoms with Gasteiger partial charge < -0.3 is 26.2 Å². The fraction of sp³-hybridized carbons (Fsp3) is 0.600. The molecule has 1 aliphatic heterocycles. The van der Waals surface area contributed by atoms with Crippen molar-refractivity contribution in [2.45, 2.75) is 69.4 Å². The van der Waals surface area contributed by atoms with Crippen molar-refractivity contribution in [2.75, 3.05) is 0 Å². The number of nitrogens with zero attached hydrogens (tertiary/aromatic N) is 1. The lowest BCUT2D eigenvalue weighted by Gasteiger charge is -2.45. The fourth-order valence-corrected chi connectivity index (χ4v) is 4.22. The molecule has 0 radical (unpaired) electrons. The second kappa shape index (κ2) is 9.18. The van der Waals surface area contributed by atoms with Crippen molar-refractivity contribution in [3.63, 3.8) is 0 Å². The van der Waals surface area contributed by atoms with Crippen LogP contribution in [0.5, 0.6) is 0 Å². The van der Waals surface area contributed by atoms with Gasteiger partial charge in [-0.1, -0.05) is 31.0 Å². The molecule has 1 aromatic rings. The molecule has 6 N–H and O–H groups in total. The van der Waals surface area contributed by atoms with Gasteiger partial charge in [-0.3, -0.25) is 9.79 Å². The fourth-order valence-electron chi connectivity index (χ4n) is 4.22. The third-order valence-corrected chi connectivity index (χ3v) is 6.12. The molecule has 3 rings (SSSR count). The minimum Gasteiger partial charge on any atom is -0.480 e. The van der Waals surface area contributed by atoms with Crippen LogP contribution >= 0.6 is 0 Å². The van der Waals surface area contributed by atoms with Gasteiger partial charge in [0, 0.05) is 18.8 Å². The molecule has 28 heavy (non-hydrogen) atoms. The van der Waals surface area contributed by atoms with Gasteiger partial charge in [0.1, 0.15) is 5.54 Å². The highest BCUT2D eigenvalue weighted by Crippen LogP contribution is 2.39. The predicted molar refractivity (Wildman–Crippen MR) is 110 cm³/mol. The lowest BCUT2D eigenvalue weighted by molar-refractivity contribution is -0.148. The number of carboxylic acids is 1. The number of para-hydroxylation sites is 1. The second-order valence-corrected chi connectivity index (χ2v) is 8.09. The summed E-state index contributed by atoms with van der Waals surface area (Å²) in [6.45, 7) is 0.719. The Labute approximate surface area is 166 Å². The smallest absolute Gasteiger partial charge is 0.451 e. The van der Waals surface area contributed by atoms with Crippen molar-refractivity contribution in [3.05, 3.63) is 29.3 Å². The van der Waals surface area contributed by atoms with E-state index in [1.165, 1.54) is 11.1 Å². The molecular weight excluding hydrogens is 357 g/mol. The third-order valence-electron chi connectivity index (χ3n) is 6.12. The highest BCUT2D eigenvalue weighted by atomic mass is 16.4. The van der Waals surface area contributed by atoms with Gasteiger partial charge in [-0.25, -0.2) is 0 Å². The summed E-state index contributed by atoms with van der Waals surface area (Å²) in [4.78, 5) is 16.3. The zero-order valence-electron chi connectivity index (χ0n) is 16.2. The Bertz CT molecular complexity index is 721. The standard InChI is InChI=1S/C20H30BN3O4/c22-20(19(25)26,8-1-2-9-21(27)28)16-11-17(12-16)24-13-15-6-3-5-14-7-4-10-23-18(14)15/h3,5-6,10,16-17,24,27-28H,1-2,4,7-9,11-13,22H2,(H,25,26). The van der Waals surface area contributed by atoms with E-state index in [4.69, 9.17) is 15.8 Å². The van der Waals surface area contributed by atoms with E-state index in [1.54, 1.807) is 0 Å². The van der Waals surface area contributed by atoms with Crippen molar-refractivity contribution >= 4 is 25.0 Å². The number of hydrogen-bond acceptors (Lipinski definition) is 6. The topological polar surface area (TPSA) is 128 Å². The number of aliphatic imine (C=N–C) groups is 1. The molecule has 2 aliphatic rings. The van der Waals surface area contributed by atoms with Crippen molar-refractivity contribution < 1.29 is 19.9 Å². The summed E-state index contributed by atoms with van der Waals surface area (Å²) < 4.78 is 0. The molecule has 1 aromatic carbocycles. The van der Waals surface area contributed by atoms with E-state index < -0.39 is 18.6 Å². The minimum atomic E-state index is -1.35. The minimum absolute atomic E-state index is 0.0655. The predicted octanol–water partition coefficient (Wildman–Crippen LogP) is 1.63. The second-order valence-electron chi connectivity index (χ2n) is 8.09. The molecule has 0 saturated heterocycles. The molecule has 1 atom stereocenters. The van der Waals surface area contributed by atoms with Crippen LogP contribution in [0.2, 0.25) is 6.32 Å². The van der Waals surface area contributed by atoms with E-state index in [1.807, 2.05) is 6.21 Å². The van der Waals surface area contributed by atoms with Crippen LogP contribution in [0, 0.1) is 5.92 Å². The monoisotopic (exact) mass is 387 g/mol. The first-order valence-electron chi connectivity index (χ1n) is 10.1.